The van der Waals surface area contributed by atoms with Crippen molar-refractivity contribution in [3.63, 3.8) is 0 Å². The highest BCUT2D eigenvalue weighted by molar-refractivity contribution is 6.35. The van der Waals surface area contributed by atoms with Crippen molar-refractivity contribution < 1.29 is 14.4 Å². The molecule has 0 saturated carbocycles. The normalized spacial score (nSPS) is 13.0. The first-order chi connectivity index (χ1) is 12.3. The Morgan fingerprint density at radius 2 is 1.77 bits per heavy atom. The standard InChI is InChI=1S/C18H15Cl2N3O3/c1-22(9-10-3-4-11(19)7-15(10)20)18(26)21-12-5-6-13-14(8-12)17(25)23(2)16(13)24/h3-8H,9H2,1-2H3,(H,21,26). The van der Waals surface area contributed by atoms with Gasteiger partial charge in [-0.05, 0) is 35.9 Å². The topological polar surface area (TPSA) is 69.7 Å². The summed E-state index contributed by atoms with van der Waals surface area (Å²) in [7, 11) is 3.04. The van der Waals surface area contributed by atoms with E-state index in [1.54, 1.807) is 31.3 Å². The van der Waals surface area contributed by atoms with Gasteiger partial charge in [-0.1, -0.05) is 29.3 Å². The van der Waals surface area contributed by atoms with Gasteiger partial charge in [-0.3, -0.25) is 14.5 Å². The summed E-state index contributed by atoms with van der Waals surface area (Å²) in [4.78, 5) is 38.8. The Labute approximate surface area is 160 Å². The van der Waals surface area contributed by atoms with E-state index in [1.165, 1.54) is 24.1 Å². The molecule has 0 bridgehead atoms. The summed E-state index contributed by atoms with van der Waals surface area (Å²) in [6.45, 7) is 0.285. The van der Waals surface area contributed by atoms with Crippen molar-refractivity contribution in [2.75, 3.05) is 19.4 Å². The molecule has 0 aliphatic carbocycles. The molecule has 1 aliphatic heterocycles. The summed E-state index contributed by atoms with van der Waals surface area (Å²) in [6, 6.07) is 9.32. The lowest BCUT2D eigenvalue weighted by atomic mass is 10.1. The molecule has 6 nitrogen and oxygen atoms in total. The summed E-state index contributed by atoms with van der Waals surface area (Å²) in [5.41, 5.74) is 1.79. The lowest BCUT2D eigenvalue weighted by Crippen LogP contribution is -2.31. The molecule has 0 atom stereocenters. The van der Waals surface area contributed by atoms with Crippen LogP contribution in [-0.2, 0) is 6.54 Å². The van der Waals surface area contributed by atoms with Crippen molar-refractivity contribution in [3.05, 3.63) is 63.1 Å². The number of carbonyl (C=O) groups excluding carboxylic acids is 3. The maximum absolute atomic E-state index is 12.4. The Morgan fingerprint density at radius 3 is 2.46 bits per heavy atom. The second-order valence-electron chi connectivity index (χ2n) is 5.95. The van der Waals surface area contributed by atoms with Crippen molar-refractivity contribution in [2.45, 2.75) is 6.54 Å². The van der Waals surface area contributed by atoms with Gasteiger partial charge in [0, 0.05) is 36.4 Å². The molecule has 0 radical (unpaired) electrons. The van der Waals surface area contributed by atoms with Crippen LogP contribution in [0, 0.1) is 0 Å². The number of hydrogen-bond donors (Lipinski definition) is 1. The molecule has 8 heteroatoms. The van der Waals surface area contributed by atoms with E-state index < -0.39 is 0 Å². The van der Waals surface area contributed by atoms with E-state index >= 15 is 0 Å². The summed E-state index contributed by atoms with van der Waals surface area (Å²) in [5.74, 6) is -0.736. The highest BCUT2D eigenvalue weighted by Gasteiger charge is 2.32. The third-order valence-corrected chi connectivity index (χ3v) is 4.70. The number of halogens is 2. The van der Waals surface area contributed by atoms with E-state index in [0.29, 0.717) is 21.3 Å². The lowest BCUT2D eigenvalue weighted by Gasteiger charge is -2.19. The van der Waals surface area contributed by atoms with Crippen LogP contribution in [0.4, 0.5) is 10.5 Å². The molecule has 0 spiro atoms. The molecule has 4 amide bonds. The van der Waals surface area contributed by atoms with E-state index in [9.17, 15) is 14.4 Å². The van der Waals surface area contributed by atoms with Crippen molar-refractivity contribution in [1.29, 1.82) is 0 Å². The van der Waals surface area contributed by atoms with Crippen LogP contribution < -0.4 is 5.32 Å². The lowest BCUT2D eigenvalue weighted by molar-refractivity contribution is 0.0693. The van der Waals surface area contributed by atoms with Crippen molar-refractivity contribution >= 4 is 46.7 Å². The Hall–Kier alpha value is -2.57. The zero-order valence-corrected chi connectivity index (χ0v) is 15.6. The van der Waals surface area contributed by atoms with Crippen molar-refractivity contribution in [2.24, 2.45) is 0 Å². The first kappa shape index (κ1) is 18.2. The van der Waals surface area contributed by atoms with Gasteiger partial charge < -0.3 is 10.2 Å². The van der Waals surface area contributed by atoms with Gasteiger partial charge in [0.2, 0.25) is 0 Å². The molecular weight excluding hydrogens is 377 g/mol. The van der Waals surface area contributed by atoms with Crippen LogP contribution in [0.25, 0.3) is 0 Å². The number of amides is 4. The fourth-order valence-corrected chi connectivity index (χ4v) is 3.10. The number of benzene rings is 2. The molecule has 3 rings (SSSR count). The van der Waals surface area contributed by atoms with Gasteiger partial charge in [0.15, 0.2) is 0 Å². The highest BCUT2D eigenvalue weighted by atomic mass is 35.5. The van der Waals surface area contributed by atoms with Crippen LogP contribution in [0.2, 0.25) is 10.0 Å². The fraction of sp³-hybridized carbons (Fsp3) is 0.167. The Morgan fingerprint density at radius 1 is 1.08 bits per heavy atom. The molecule has 2 aromatic carbocycles. The van der Waals surface area contributed by atoms with Gasteiger partial charge >= 0.3 is 6.03 Å². The molecule has 134 valence electrons. The van der Waals surface area contributed by atoms with Crippen molar-refractivity contribution in [3.8, 4) is 0 Å². The molecule has 26 heavy (non-hydrogen) atoms. The van der Waals surface area contributed by atoms with Crippen LogP contribution in [0.5, 0.6) is 0 Å². The largest absolute Gasteiger partial charge is 0.323 e. The smallest absolute Gasteiger partial charge is 0.321 e. The summed E-state index contributed by atoms with van der Waals surface area (Å²) < 4.78 is 0. The number of nitrogens with zero attached hydrogens (tertiary/aromatic N) is 2. The molecule has 1 aliphatic rings. The average Bonchev–Trinajstić information content (AvgIpc) is 2.81. The SMILES string of the molecule is CN(Cc1ccc(Cl)cc1Cl)C(=O)Nc1ccc2c(c1)C(=O)N(C)C2=O. The van der Waals surface area contributed by atoms with E-state index in [-0.39, 0.29) is 30.0 Å². The van der Waals surface area contributed by atoms with E-state index in [1.807, 2.05) is 0 Å². The number of fused-ring (bicyclic) bond motifs is 1. The number of anilines is 1. The van der Waals surface area contributed by atoms with Crippen LogP contribution in [0.15, 0.2) is 36.4 Å². The molecule has 1 heterocycles. The molecule has 0 fully saturated rings. The highest BCUT2D eigenvalue weighted by Crippen LogP contribution is 2.25. The van der Waals surface area contributed by atoms with Gasteiger partial charge in [-0.2, -0.15) is 0 Å². The second kappa shape index (κ2) is 6.97. The quantitative estimate of drug-likeness (QED) is 0.806. The van der Waals surface area contributed by atoms with Gasteiger partial charge in [0.05, 0.1) is 11.1 Å². The van der Waals surface area contributed by atoms with E-state index in [0.717, 1.165) is 10.5 Å². The minimum Gasteiger partial charge on any atom is -0.323 e. The van der Waals surface area contributed by atoms with Crippen LogP contribution in [0.1, 0.15) is 26.3 Å². The predicted octanol–water partition coefficient (Wildman–Crippen LogP) is 3.88. The first-order valence-electron chi connectivity index (χ1n) is 7.70. The third kappa shape index (κ3) is 3.38. The predicted molar refractivity (Wildman–Crippen MR) is 99.8 cm³/mol. The molecule has 1 N–H and O–H groups in total. The number of urea groups is 1. The zero-order chi connectivity index (χ0) is 19.0. The van der Waals surface area contributed by atoms with Gasteiger partial charge in [0.25, 0.3) is 11.8 Å². The van der Waals surface area contributed by atoms with Crippen LogP contribution in [-0.4, -0.2) is 41.7 Å². The average molecular weight is 392 g/mol. The second-order valence-corrected chi connectivity index (χ2v) is 6.80. The number of hydrogen-bond acceptors (Lipinski definition) is 3. The van der Waals surface area contributed by atoms with Gasteiger partial charge in [0.1, 0.15) is 0 Å². The molecule has 0 aromatic heterocycles. The maximum Gasteiger partial charge on any atom is 0.321 e. The Bertz CT molecular complexity index is 930. The molecule has 0 unspecified atom stereocenters. The first-order valence-corrected chi connectivity index (χ1v) is 8.46. The van der Waals surface area contributed by atoms with E-state index in [4.69, 9.17) is 23.2 Å². The Balaban J connectivity index is 1.72. The fourth-order valence-electron chi connectivity index (χ4n) is 2.64. The monoisotopic (exact) mass is 391 g/mol. The number of nitrogens with one attached hydrogen (secondary N) is 1. The minimum absolute atomic E-state index is 0.277. The summed E-state index contributed by atoms with van der Waals surface area (Å²) in [6.07, 6.45) is 0. The van der Waals surface area contributed by atoms with Crippen LogP contribution >= 0.6 is 23.2 Å². The summed E-state index contributed by atoms with van der Waals surface area (Å²) >= 11 is 12.0. The number of carbonyl (C=O) groups is 3. The molecule has 2 aromatic rings. The number of imide groups is 1. The van der Waals surface area contributed by atoms with E-state index in [2.05, 4.69) is 5.32 Å². The number of rotatable bonds is 3. The molecule has 0 saturated heterocycles. The van der Waals surface area contributed by atoms with Gasteiger partial charge in [-0.25, -0.2) is 4.79 Å². The Kier molecular flexibility index (Phi) is 4.89. The zero-order valence-electron chi connectivity index (χ0n) is 14.0. The maximum atomic E-state index is 12.4. The molecular formula is C18H15Cl2N3O3. The summed E-state index contributed by atoms with van der Waals surface area (Å²) in [5, 5.41) is 3.70. The third-order valence-electron chi connectivity index (χ3n) is 4.11. The minimum atomic E-state index is -0.387. The van der Waals surface area contributed by atoms with Crippen molar-refractivity contribution in [1.82, 2.24) is 9.80 Å². The van der Waals surface area contributed by atoms with Gasteiger partial charge in [-0.15, -0.1) is 0 Å². The van der Waals surface area contributed by atoms with Crippen LogP contribution in [0.3, 0.4) is 0 Å².